The van der Waals surface area contributed by atoms with Crippen molar-refractivity contribution >= 4 is 18.4 Å². The molecule has 134 valence electrons. The summed E-state index contributed by atoms with van der Waals surface area (Å²) in [5.74, 6) is 3.72. The maximum absolute atomic E-state index is 2.84. The molecule has 2 fully saturated rings. The molecule has 0 spiro atoms. The predicted octanol–water partition coefficient (Wildman–Crippen LogP) is 7.47. The first-order valence-corrected chi connectivity index (χ1v) is 20.6. The van der Waals surface area contributed by atoms with Crippen LogP contribution in [0.15, 0.2) is 9.67 Å². The van der Waals surface area contributed by atoms with Crippen LogP contribution in [-0.2, 0) is 0 Å². The molecule has 2 rings (SSSR count). The van der Waals surface area contributed by atoms with Gasteiger partial charge in [-0.1, -0.05) is 0 Å². The summed E-state index contributed by atoms with van der Waals surface area (Å²) in [6, 6.07) is 0. The Balaban J connectivity index is 2.07. The zero-order valence-electron chi connectivity index (χ0n) is 17.0. The molecule has 0 heterocycles. The second-order valence-corrected chi connectivity index (χ2v) is 24.8. The standard InChI is InChI=1S/C19H33.3CH3.Sn/c1-14(2)8-6-9-15(3)17-11-12-18-16(4)10-7-13-19(17,18)5;;;;/h4,14-15,17-18H,6-13H2,1-3,5H3;3*1H3;/t15-,17?,18+,19-;;;;/m1..../s1. The quantitative estimate of drug-likeness (QED) is 0.387. The number of allylic oxidation sites excluding steroid dienone is 1. The van der Waals surface area contributed by atoms with Crippen molar-refractivity contribution in [3.63, 3.8) is 0 Å². The van der Waals surface area contributed by atoms with Crippen molar-refractivity contribution in [2.45, 2.75) is 93.9 Å². The summed E-state index contributed by atoms with van der Waals surface area (Å²) in [6.45, 7) is 9.97. The molecule has 4 atom stereocenters. The van der Waals surface area contributed by atoms with E-state index < -0.39 is 18.4 Å². The van der Waals surface area contributed by atoms with E-state index in [-0.39, 0.29) is 0 Å². The molecule has 0 aliphatic heterocycles. The zero-order chi connectivity index (χ0) is 17.3. The molecule has 0 aromatic rings. The molecule has 0 saturated heterocycles. The molecule has 0 aromatic carbocycles. The van der Waals surface area contributed by atoms with E-state index in [1.807, 2.05) is 5.57 Å². The average molecular weight is 425 g/mol. The molecule has 1 unspecified atom stereocenters. The Morgan fingerprint density at radius 3 is 2.43 bits per heavy atom. The van der Waals surface area contributed by atoms with E-state index in [0.717, 1.165) is 23.7 Å². The second-order valence-electron chi connectivity index (χ2n) is 10.5. The van der Waals surface area contributed by atoms with Gasteiger partial charge in [0.15, 0.2) is 0 Å². The van der Waals surface area contributed by atoms with Crippen molar-refractivity contribution in [1.82, 2.24) is 0 Å². The zero-order valence-corrected chi connectivity index (χ0v) is 19.9. The summed E-state index contributed by atoms with van der Waals surface area (Å²) >= 11 is -1.81. The van der Waals surface area contributed by atoms with Gasteiger partial charge in [-0.15, -0.1) is 0 Å². The molecule has 0 bridgehead atoms. The van der Waals surface area contributed by atoms with Gasteiger partial charge in [-0.05, 0) is 0 Å². The molecule has 2 aliphatic carbocycles. The Hall–Kier alpha value is 0.539. The van der Waals surface area contributed by atoms with Gasteiger partial charge in [0.05, 0.1) is 0 Å². The van der Waals surface area contributed by atoms with Crippen LogP contribution >= 0.6 is 0 Å². The van der Waals surface area contributed by atoms with Crippen LogP contribution in [0.3, 0.4) is 0 Å². The van der Waals surface area contributed by atoms with Crippen molar-refractivity contribution < 1.29 is 0 Å². The third-order valence-corrected chi connectivity index (χ3v) is 10.3. The van der Waals surface area contributed by atoms with E-state index in [1.54, 1.807) is 0 Å². The third kappa shape index (κ3) is 5.02. The van der Waals surface area contributed by atoms with Crippen LogP contribution in [0.2, 0.25) is 14.8 Å². The SMILES string of the molecule is CC(C)CCC[C@@H](C)C1CC[C@H]2/C(=[CH]/[Sn]([CH3])([CH3])[CH3])CCC[C@]12C. The molecule has 0 radical (unpaired) electrons. The van der Waals surface area contributed by atoms with Crippen molar-refractivity contribution in [1.29, 1.82) is 0 Å². The van der Waals surface area contributed by atoms with E-state index in [1.165, 1.54) is 51.4 Å². The minimum atomic E-state index is -1.81. The Morgan fingerprint density at radius 1 is 1.13 bits per heavy atom. The number of hydrogen-bond acceptors (Lipinski definition) is 0. The fourth-order valence-corrected chi connectivity index (χ4v) is 9.95. The van der Waals surface area contributed by atoms with Gasteiger partial charge in [-0.25, -0.2) is 0 Å². The molecule has 2 saturated carbocycles. The van der Waals surface area contributed by atoms with Crippen molar-refractivity contribution in [3.8, 4) is 0 Å². The van der Waals surface area contributed by atoms with E-state index >= 15 is 0 Å². The van der Waals surface area contributed by atoms with Crippen LogP contribution in [0.4, 0.5) is 0 Å². The van der Waals surface area contributed by atoms with Crippen molar-refractivity contribution in [2.24, 2.45) is 29.1 Å². The van der Waals surface area contributed by atoms with Gasteiger partial charge in [-0.3, -0.25) is 0 Å². The number of fused-ring (bicyclic) bond motifs is 1. The molecule has 1 heteroatoms. The first kappa shape index (κ1) is 19.9. The van der Waals surface area contributed by atoms with Gasteiger partial charge in [0, 0.05) is 0 Å². The molecular formula is C22H42Sn. The van der Waals surface area contributed by atoms with Crippen molar-refractivity contribution in [2.75, 3.05) is 0 Å². The topological polar surface area (TPSA) is 0 Å². The van der Waals surface area contributed by atoms with Crippen LogP contribution in [0, 0.1) is 29.1 Å². The van der Waals surface area contributed by atoms with Crippen LogP contribution in [-0.4, -0.2) is 18.4 Å². The van der Waals surface area contributed by atoms with E-state index in [2.05, 4.69) is 46.6 Å². The van der Waals surface area contributed by atoms with Crippen LogP contribution in [0.5, 0.6) is 0 Å². The molecular weight excluding hydrogens is 383 g/mol. The Labute approximate surface area is 150 Å². The van der Waals surface area contributed by atoms with Gasteiger partial charge in [0.25, 0.3) is 0 Å². The third-order valence-electron chi connectivity index (χ3n) is 6.78. The minimum absolute atomic E-state index is 0.623. The molecule has 0 amide bonds. The summed E-state index contributed by atoms with van der Waals surface area (Å²) in [5.41, 5.74) is 2.53. The maximum atomic E-state index is 2.84. The summed E-state index contributed by atoms with van der Waals surface area (Å²) < 4.78 is 2.84. The van der Waals surface area contributed by atoms with Gasteiger partial charge in [-0.2, -0.15) is 0 Å². The molecule has 0 N–H and O–H groups in total. The molecule has 23 heavy (non-hydrogen) atoms. The fraction of sp³-hybridized carbons (Fsp3) is 0.909. The fourth-order valence-electron chi connectivity index (χ4n) is 5.79. The van der Waals surface area contributed by atoms with Gasteiger partial charge in [0.1, 0.15) is 0 Å². The normalized spacial score (nSPS) is 34.9. The van der Waals surface area contributed by atoms with Crippen LogP contribution in [0.25, 0.3) is 0 Å². The molecule has 2 aliphatic rings. The van der Waals surface area contributed by atoms with E-state index in [9.17, 15) is 0 Å². The summed E-state index contributed by atoms with van der Waals surface area (Å²) in [7, 11) is 0. The predicted molar refractivity (Wildman–Crippen MR) is 107 cm³/mol. The summed E-state index contributed by atoms with van der Waals surface area (Å²) in [5, 5.41) is 0. The monoisotopic (exact) mass is 426 g/mol. The van der Waals surface area contributed by atoms with Crippen molar-refractivity contribution in [3.05, 3.63) is 9.67 Å². The average Bonchev–Trinajstić information content (AvgIpc) is 2.74. The Kier molecular flexibility index (Phi) is 6.76. The van der Waals surface area contributed by atoms with Crippen LogP contribution < -0.4 is 0 Å². The van der Waals surface area contributed by atoms with Gasteiger partial charge >= 0.3 is 151 Å². The first-order chi connectivity index (χ1) is 10.6. The van der Waals surface area contributed by atoms with E-state index in [0.29, 0.717) is 5.41 Å². The summed E-state index contributed by atoms with van der Waals surface area (Å²) in [6.07, 6.45) is 11.7. The van der Waals surface area contributed by atoms with Gasteiger partial charge in [0.2, 0.25) is 0 Å². The number of hydrogen-bond donors (Lipinski definition) is 0. The molecule has 0 aromatic heterocycles. The van der Waals surface area contributed by atoms with Gasteiger partial charge < -0.3 is 0 Å². The van der Waals surface area contributed by atoms with E-state index in [4.69, 9.17) is 0 Å². The second kappa shape index (κ2) is 7.83. The first-order valence-electron chi connectivity index (χ1n) is 10.3. The molecule has 0 nitrogen and oxygen atoms in total. The summed E-state index contributed by atoms with van der Waals surface area (Å²) in [4.78, 5) is 7.73. The Morgan fingerprint density at radius 2 is 1.83 bits per heavy atom. The Bertz CT molecular complexity index is 414. The number of rotatable bonds is 6. The van der Waals surface area contributed by atoms with Crippen LogP contribution in [0.1, 0.15) is 79.1 Å².